The first kappa shape index (κ1) is 24.8. The smallest absolute Gasteiger partial charge is 0.255 e. The van der Waals surface area contributed by atoms with E-state index in [0.717, 1.165) is 5.75 Å². The van der Waals surface area contributed by atoms with Gasteiger partial charge in [0.15, 0.2) is 0 Å². The minimum atomic E-state index is -0.575. The first-order chi connectivity index (χ1) is 17.5. The van der Waals surface area contributed by atoms with E-state index < -0.39 is 11.7 Å². The van der Waals surface area contributed by atoms with Gasteiger partial charge in [0.05, 0.1) is 5.02 Å². The van der Waals surface area contributed by atoms with Crippen LogP contribution in [0.5, 0.6) is 11.5 Å². The van der Waals surface area contributed by atoms with Gasteiger partial charge in [-0.25, -0.2) is 4.39 Å². The Morgan fingerprint density at radius 3 is 1.94 bits per heavy atom. The number of nitrogens with one attached hydrogen (secondary N) is 2. The molecule has 4 rings (SSSR count). The van der Waals surface area contributed by atoms with E-state index in [1.807, 2.05) is 30.3 Å². The predicted molar refractivity (Wildman–Crippen MR) is 138 cm³/mol. The zero-order chi connectivity index (χ0) is 25.3. The van der Waals surface area contributed by atoms with Crippen LogP contribution in [-0.4, -0.2) is 25.0 Å². The summed E-state index contributed by atoms with van der Waals surface area (Å²) in [4.78, 5) is 25.4. The van der Waals surface area contributed by atoms with Crippen LogP contribution in [0.3, 0.4) is 0 Å². The van der Waals surface area contributed by atoms with Crippen molar-refractivity contribution in [1.82, 2.24) is 0 Å². The number of amides is 2. The lowest BCUT2D eigenvalue weighted by molar-refractivity contribution is 0.101. The van der Waals surface area contributed by atoms with Gasteiger partial charge in [0.2, 0.25) is 0 Å². The third kappa shape index (κ3) is 6.84. The molecule has 36 heavy (non-hydrogen) atoms. The van der Waals surface area contributed by atoms with Crippen molar-refractivity contribution < 1.29 is 23.5 Å². The molecule has 2 amide bonds. The zero-order valence-corrected chi connectivity index (χ0v) is 19.8. The Morgan fingerprint density at radius 2 is 1.25 bits per heavy atom. The molecule has 2 N–H and O–H groups in total. The van der Waals surface area contributed by atoms with Gasteiger partial charge in [-0.3, -0.25) is 9.59 Å². The summed E-state index contributed by atoms with van der Waals surface area (Å²) in [6, 6.07) is 26.6. The highest BCUT2D eigenvalue weighted by atomic mass is 35.5. The Bertz CT molecular complexity index is 1360. The molecule has 0 bridgehead atoms. The van der Waals surface area contributed by atoms with Gasteiger partial charge in [0.25, 0.3) is 11.8 Å². The van der Waals surface area contributed by atoms with Crippen molar-refractivity contribution in [2.24, 2.45) is 0 Å². The van der Waals surface area contributed by atoms with Gasteiger partial charge in [0, 0.05) is 22.5 Å². The molecule has 0 spiro atoms. The number of carbonyl (C=O) groups excluding carboxylic acids is 2. The van der Waals surface area contributed by atoms with Crippen molar-refractivity contribution >= 4 is 34.8 Å². The van der Waals surface area contributed by atoms with Gasteiger partial charge in [-0.05, 0) is 66.7 Å². The summed E-state index contributed by atoms with van der Waals surface area (Å²) >= 11 is 5.77. The molecule has 0 aliphatic rings. The number of ether oxygens (including phenoxy) is 2. The largest absolute Gasteiger partial charge is 0.490 e. The lowest BCUT2D eigenvalue weighted by atomic mass is 10.1. The van der Waals surface area contributed by atoms with Crippen molar-refractivity contribution in [3.8, 4) is 11.5 Å². The van der Waals surface area contributed by atoms with Crippen LogP contribution in [0.25, 0.3) is 0 Å². The number of anilines is 2. The molecule has 0 saturated carbocycles. The van der Waals surface area contributed by atoms with Crippen molar-refractivity contribution in [3.63, 3.8) is 0 Å². The molecule has 0 aliphatic heterocycles. The molecule has 6 nitrogen and oxygen atoms in total. The Morgan fingerprint density at radius 1 is 0.667 bits per heavy atom. The van der Waals surface area contributed by atoms with Crippen LogP contribution in [0.4, 0.5) is 15.8 Å². The van der Waals surface area contributed by atoms with E-state index in [4.69, 9.17) is 21.1 Å². The van der Waals surface area contributed by atoms with Gasteiger partial charge in [-0.2, -0.15) is 0 Å². The molecule has 0 saturated heterocycles. The molecule has 0 atom stereocenters. The molecule has 182 valence electrons. The zero-order valence-electron chi connectivity index (χ0n) is 19.0. The second-order valence-electron chi connectivity index (χ2n) is 7.66. The van der Waals surface area contributed by atoms with E-state index in [1.165, 1.54) is 18.2 Å². The van der Waals surface area contributed by atoms with Gasteiger partial charge >= 0.3 is 0 Å². The molecule has 4 aromatic carbocycles. The van der Waals surface area contributed by atoms with Gasteiger partial charge in [-0.1, -0.05) is 41.9 Å². The molecule has 0 aliphatic carbocycles. The lowest BCUT2D eigenvalue weighted by Crippen LogP contribution is -2.15. The fourth-order valence-corrected chi connectivity index (χ4v) is 3.46. The Balaban J connectivity index is 1.33. The van der Waals surface area contributed by atoms with Crippen LogP contribution in [-0.2, 0) is 0 Å². The molecule has 0 fully saturated rings. The van der Waals surface area contributed by atoms with E-state index in [0.29, 0.717) is 41.5 Å². The maximum atomic E-state index is 13.3. The summed E-state index contributed by atoms with van der Waals surface area (Å²) in [7, 11) is 0. The molecule has 0 heterocycles. The van der Waals surface area contributed by atoms with Gasteiger partial charge in [-0.15, -0.1) is 0 Å². The fourth-order valence-electron chi connectivity index (χ4n) is 3.28. The summed E-state index contributed by atoms with van der Waals surface area (Å²) in [6.45, 7) is 0.676. The van der Waals surface area contributed by atoms with Gasteiger partial charge < -0.3 is 20.1 Å². The maximum Gasteiger partial charge on any atom is 0.255 e. The topological polar surface area (TPSA) is 76.7 Å². The van der Waals surface area contributed by atoms with Crippen LogP contribution < -0.4 is 20.1 Å². The molecular formula is C28H22ClFN2O4. The molecule has 0 unspecified atom stereocenters. The van der Waals surface area contributed by atoms with E-state index >= 15 is 0 Å². The monoisotopic (exact) mass is 504 g/mol. The third-order valence-corrected chi connectivity index (χ3v) is 5.31. The third-order valence-electron chi connectivity index (χ3n) is 5.02. The molecule has 0 aromatic heterocycles. The summed E-state index contributed by atoms with van der Waals surface area (Å²) < 4.78 is 24.6. The first-order valence-corrected chi connectivity index (χ1v) is 11.4. The summed E-state index contributed by atoms with van der Waals surface area (Å²) in [6.07, 6.45) is 0. The average Bonchev–Trinajstić information content (AvgIpc) is 2.90. The standard InChI is InChI=1S/C28H22ClFN2O4/c29-25-18-22(12-13-26(25)30)32-27(33)19-6-4-8-21(16-19)31-28(34)20-7-5-11-24(17-20)36-15-14-35-23-9-2-1-3-10-23/h1-13,16-18H,14-15H2,(H,31,34)(H,32,33). The predicted octanol–water partition coefficient (Wildman–Crippen LogP) is 6.44. The number of para-hydroxylation sites is 1. The number of carbonyl (C=O) groups is 2. The van der Waals surface area contributed by atoms with Crippen molar-refractivity contribution in [1.29, 1.82) is 0 Å². The van der Waals surface area contributed by atoms with Crippen molar-refractivity contribution in [2.45, 2.75) is 0 Å². The lowest BCUT2D eigenvalue weighted by Gasteiger charge is -2.11. The van der Waals surface area contributed by atoms with Crippen LogP contribution in [0.15, 0.2) is 97.1 Å². The van der Waals surface area contributed by atoms with Gasteiger partial charge in [0.1, 0.15) is 30.5 Å². The van der Waals surface area contributed by atoms with Crippen molar-refractivity contribution in [3.05, 3.63) is 119 Å². The summed E-state index contributed by atoms with van der Waals surface area (Å²) in [5.41, 5.74) is 1.50. The Labute approximate surface area is 212 Å². The number of benzene rings is 4. The molecular weight excluding hydrogens is 483 g/mol. The minimum absolute atomic E-state index is 0.0938. The van der Waals surface area contributed by atoms with E-state index in [-0.39, 0.29) is 10.9 Å². The number of rotatable bonds is 9. The maximum absolute atomic E-state index is 13.3. The number of hydrogen-bond donors (Lipinski definition) is 2. The molecule has 0 radical (unpaired) electrons. The quantitative estimate of drug-likeness (QED) is 0.257. The second-order valence-corrected chi connectivity index (χ2v) is 8.06. The summed E-state index contributed by atoms with van der Waals surface area (Å²) in [5, 5.41) is 5.34. The first-order valence-electron chi connectivity index (χ1n) is 11.1. The van der Waals surface area contributed by atoms with E-state index in [9.17, 15) is 14.0 Å². The van der Waals surface area contributed by atoms with Crippen molar-refractivity contribution in [2.75, 3.05) is 23.8 Å². The highest BCUT2D eigenvalue weighted by Crippen LogP contribution is 2.21. The highest BCUT2D eigenvalue weighted by molar-refractivity contribution is 6.31. The number of hydrogen-bond acceptors (Lipinski definition) is 4. The van der Waals surface area contributed by atoms with Crippen LogP contribution in [0, 0.1) is 5.82 Å². The summed E-state index contributed by atoms with van der Waals surface area (Å²) in [5.74, 6) is -0.0721. The fraction of sp³-hybridized carbons (Fsp3) is 0.0714. The second kappa shape index (κ2) is 11.9. The Kier molecular flexibility index (Phi) is 8.16. The Hall–Kier alpha value is -4.36. The van der Waals surface area contributed by atoms with E-state index in [1.54, 1.807) is 48.5 Å². The molecule has 4 aromatic rings. The normalized spacial score (nSPS) is 10.4. The van der Waals surface area contributed by atoms with Crippen LogP contribution >= 0.6 is 11.6 Å². The van der Waals surface area contributed by atoms with Crippen LogP contribution in [0.2, 0.25) is 5.02 Å². The number of halogens is 2. The highest BCUT2D eigenvalue weighted by Gasteiger charge is 2.11. The van der Waals surface area contributed by atoms with Crippen LogP contribution in [0.1, 0.15) is 20.7 Å². The minimum Gasteiger partial charge on any atom is -0.490 e. The molecule has 8 heteroatoms. The van der Waals surface area contributed by atoms with E-state index in [2.05, 4.69) is 10.6 Å². The average molecular weight is 505 g/mol. The SMILES string of the molecule is O=C(Nc1ccc(F)c(Cl)c1)c1cccc(NC(=O)c2cccc(OCCOc3ccccc3)c2)c1.